The summed E-state index contributed by atoms with van der Waals surface area (Å²) in [7, 11) is 0. The highest BCUT2D eigenvalue weighted by Crippen LogP contribution is 2.75. The van der Waals surface area contributed by atoms with Gasteiger partial charge in [0.25, 0.3) is 0 Å². The maximum absolute atomic E-state index is 14.8. The average molecular weight is 726 g/mol. The Morgan fingerprint density at radius 1 is 0.923 bits per heavy atom. The molecule has 52 heavy (non-hydrogen) atoms. The Balaban J connectivity index is 1.35. The van der Waals surface area contributed by atoms with Crippen LogP contribution in [-0.2, 0) is 40.1 Å². The summed E-state index contributed by atoms with van der Waals surface area (Å²) in [6.45, 7) is 15.0. The zero-order valence-electron chi connectivity index (χ0n) is 31.9. The second kappa shape index (κ2) is 12.7. The van der Waals surface area contributed by atoms with E-state index >= 15 is 0 Å². The molecule has 5 aliphatic carbocycles. The molecule has 286 valence electrons. The Morgan fingerprint density at radius 3 is 2.25 bits per heavy atom. The lowest BCUT2D eigenvalue weighted by molar-refractivity contribution is -0.217. The normalized spacial score (nSPS) is 40.9. The maximum atomic E-state index is 14.8. The van der Waals surface area contributed by atoms with Crippen molar-refractivity contribution in [1.29, 1.82) is 0 Å². The third-order valence-electron chi connectivity index (χ3n) is 15.3. The van der Waals surface area contributed by atoms with Gasteiger partial charge in [0, 0.05) is 18.3 Å². The molecule has 4 saturated carbocycles. The van der Waals surface area contributed by atoms with Crippen LogP contribution >= 0.6 is 0 Å². The van der Waals surface area contributed by atoms with E-state index in [0.717, 1.165) is 24.8 Å². The first-order valence-electron chi connectivity index (χ1n) is 18.8. The standard InChI is InChI=1S/C40H55NO11/c1-22-27(51-34(48)50-22)21-49-30(44)19-38(6)28-9-12-40(8)32(37(28,5)11-10-29(38)52-31(45)20-41-23(2)42)26(43)17-24-25-18-36(4,33(46)47)14-13-35(25,3)15-16-39(24,40)7/h17,25,28-29,32H,9-16,18-21H2,1-8H3,(H,41,42)(H,46,47)/t25-,28+,29-,32+,35+,36-,37-,38-,39+,40+/m0/s1. The zero-order valence-corrected chi connectivity index (χ0v) is 31.9. The molecule has 1 amide bonds. The first-order chi connectivity index (χ1) is 24.1. The average Bonchev–Trinajstić information content (AvgIpc) is 3.38. The third kappa shape index (κ3) is 5.86. The number of hydrogen-bond donors (Lipinski definition) is 2. The van der Waals surface area contributed by atoms with Crippen LogP contribution < -0.4 is 11.1 Å². The Bertz CT molecular complexity index is 1770. The smallest absolute Gasteiger partial charge is 0.481 e. The van der Waals surface area contributed by atoms with Crippen molar-refractivity contribution in [3.05, 3.63) is 33.8 Å². The van der Waals surface area contributed by atoms with Crippen LogP contribution in [0.15, 0.2) is 25.3 Å². The minimum absolute atomic E-state index is 0.00422. The summed E-state index contributed by atoms with van der Waals surface area (Å²) < 4.78 is 21.6. The monoisotopic (exact) mass is 725 g/mol. The maximum Gasteiger partial charge on any atom is 0.519 e. The molecule has 0 unspecified atom stereocenters. The number of allylic oxidation sites excluding steroid dienone is 2. The molecule has 10 atom stereocenters. The Labute approximate surface area is 304 Å². The van der Waals surface area contributed by atoms with Gasteiger partial charge in [0.2, 0.25) is 5.91 Å². The number of hydrogen-bond acceptors (Lipinski definition) is 10. The number of aryl methyl sites for hydroxylation is 1. The molecule has 0 bridgehead atoms. The van der Waals surface area contributed by atoms with Crippen molar-refractivity contribution in [2.75, 3.05) is 6.54 Å². The molecular weight excluding hydrogens is 670 g/mol. The third-order valence-corrected chi connectivity index (χ3v) is 15.3. The van der Waals surface area contributed by atoms with Crippen molar-refractivity contribution in [2.45, 2.75) is 132 Å². The van der Waals surface area contributed by atoms with Crippen LogP contribution in [0.2, 0.25) is 0 Å². The molecule has 4 fully saturated rings. The lowest BCUT2D eigenvalue weighted by Gasteiger charge is -2.70. The van der Waals surface area contributed by atoms with Gasteiger partial charge in [0.05, 0.1) is 11.8 Å². The lowest BCUT2D eigenvalue weighted by Crippen LogP contribution is -2.67. The highest BCUT2D eigenvalue weighted by molar-refractivity contribution is 5.96. The number of ketones is 1. The van der Waals surface area contributed by atoms with E-state index in [9.17, 15) is 33.9 Å². The molecule has 1 heterocycles. The van der Waals surface area contributed by atoms with Gasteiger partial charge < -0.3 is 28.7 Å². The van der Waals surface area contributed by atoms with E-state index in [4.69, 9.17) is 18.3 Å². The first-order valence-corrected chi connectivity index (χ1v) is 18.8. The fourth-order valence-corrected chi connectivity index (χ4v) is 12.0. The van der Waals surface area contributed by atoms with Crippen molar-refractivity contribution >= 4 is 29.6 Å². The minimum Gasteiger partial charge on any atom is -0.481 e. The summed E-state index contributed by atoms with van der Waals surface area (Å²) >= 11 is 0. The van der Waals surface area contributed by atoms with Gasteiger partial charge in [-0.3, -0.25) is 24.0 Å². The fourth-order valence-electron chi connectivity index (χ4n) is 12.0. The first kappa shape index (κ1) is 38.0. The van der Waals surface area contributed by atoms with E-state index in [1.165, 1.54) is 6.92 Å². The molecule has 6 rings (SSSR count). The molecule has 0 radical (unpaired) electrons. The van der Waals surface area contributed by atoms with Gasteiger partial charge >= 0.3 is 23.7 Å². The molecule has 1 aromatic heterocycles. The summed E-state index contributed by atoms with van der Waals surface area (Å²) in [6, 6.07) is 0. The Kier molecular flexibility index (Phi) is 9.30. The van der Waals surface area contributed by atoms with E-state index < -0.39 is 51.5 Å². The number of carboxylic acids is 1. The van der Waals surface area contributed by atoms with Crippen molar-refractivity contribution in [2.24, 2.45) is 50.2 Å². The van der Waals surface area contributed by atoms with Gasteiger partial charge in [-0.15, -0.1) is 0 Å². The van der Waals surface area contributed by atoms with Crippen molar-refractivity contribution in [1.82, 2.24) is 5.32 Å². The number of carboxylic acid groups (broad SMARTS) is 1. The van der Waals surface area contributed by atoms with Crippen LogP contribution in [0.25, 0.3) is 0 Å². The van der Waals surface area contributed by atoms with Crippen molar-refractivity contribution in [3.63, 3.8) is 0 Å². The topological polar surface area (TPSA) is 179 Å². The largest absolute Gasteiger partial charge is 0.519 e. The van der Waals surface area contributed by atoms with E-state index in [0.29, 0.717) is 38.5 Å². The highest BCUT2D eigenvalue weighted by atomic mass is 16.6. The van der Waals surface area contributed by atoms with Gasteiger partial charge in [-0.2, -0.15) is 0 Å². The van der Waals surface area contributed by atoms with E-state index in [1.54, 1.807) is 6.92 Å². The van der Waals surface area contributed by atoms with Gasteiger partial charge in [0.1, 0.15) is 12.6 Å². The summed E-state index contributed by atoms with van der Waals surface area (Å²) in [6.07, 6.45) is 7.28. The highest BCUT2D eigenvalue weighted by Gasteiger charge is 2.71. The Morgan fingerprint density at radius 2 is 1.62 bits per heavy atom. The summed E-state index contributed by atoms with van der Waals surface area (Å²) in [5.74, 6) is -3.43. The predicted molar refractivity (Wildman–Crippen MR) is 186 cm³/mol. The Hall–Kier alpha value is -3.70. The lowest BCUT2D eigenvalue weighted by atomic mass is 9.33. The van der Waals surface area contributed by atoms with Crippen LogP contribution in [0.3, 0.4) is 0 Å². The summed E-state index contributed by atoms with van der Waals surface area (Å²) in [5.41, 5.74) is -2.06. The molecule has 1 aromatic rings. The van der Waals surface area contributed by atoms with Gasteiger partial charge in [-0.25, -0.2) is 4.79 Å². The van der Waals surface area contributed by atoms with Crippen LogP contribution in [0, 0.1) is 57.2 Å². The van der Waals surface area contributed by atoms with Crippen LogP contribution in [-0.4, -0.2) is 47.4 Å². The molecule has 12 heteroatoms. The molecule has 0 aromatic carbocycles. The van der Waals surface area contributed by atoms with Gasteiger partial charge in [-0.05, 0) is 111 Å². The van der Waals surface area contributed by atoms with E-state index in [-0.39, 0.29) is 71.4 Å². The van der Waals surface area contributed by atoms with E-state index in [2.05, 4.69) is 33.0 Å². The van der Waals surface area contributed by atoms with Crippen LogP contribution in [0.1, 0.15) is 124 Å². The fraction of sp³-hybridized carbons (Fsp3) is 0.750. The number of fused-ring (bicyclic) bond motifs is 7. The van der Waals surface area contributed by atoms with Crippen LogP contribution in [0.4, 0.5) is 0 Å². The second-order valence-corrected chi connectivity index (χ2v) is 18.3. The molecular formula is C40H55NO11. The number of carbonyl (C=O) groups is 5. The SMILES string of the molecule is CC(=O)NCC(=O)O[C@H]1CC[C@@]2(C)[C@@H](CC[C@]3(C)[C@@H]2C(=O)C=C2[C@@H]4C[C@@](C)(C(=O)O)CC[C@]4(C)CC[C@]23C)[C@]1(C)CC(=O)OCc1oc(=O)oc1C. The summed E-state index contributed by atoms with van der Waals surface area (Å²) in [5, 5.41) is 12.7. The van der Waals surface area contributed by atoms with E-state index in [1.807, 2.05) is 19.9 Å². The molecule has 5 aliphatic rings. The number of amides is 1. The number of ether oxygens (including phenoxy) is 2. The minimum atomic E-state index is -0.938. The quantitative estimate of drug-likeness (QED) is 0.297. The molecule has 0 saturated heterocycles. The summed E-state index contributed by atoms with van der Waals surface area (Å²) in [4.78, 5) is 77.2. The number of carbonyl (C=O) groups excluding carboxylic acids is 4. The second-order valence-electron chi connectivity index (χ2n) is 18.3. The number of nitrogens with one attached hydrogen (secondary N) is 1. The van der Waals surface area contributed by atoms with Gasteiger partial charge in [-0.1, -0.05) is 40.2 Å². The predicted octanol–water partition coefficient (Wildman–Crippen LogP) is 6.07. The van der Waals surface area contributed by atoms with Crippen molar-refractivity contribution in [3.8, 4) is 0 Å². The number of rotatable bonds is 8. The van der Waals surface area contributed by atoms with Crippen LogP contribution in [0.5, 0.6) is 0 Å². The van der Waals surface area contributed by atoms with Gasteiger partial charge in [0.15, 0.2) is 23.9 Å². The number of aliphatic carboxylic acids is 1. The zero-order chi connectivity index (χ0) is 38.2. The van der Waals surface area contributed by atoms with Crippen molar-refractivity contribution < 1.29 is 47.4 Å². The molecule has 2 N–H and O–H groups in total. The molecule has 0 aliphatic heterocycles. The number of esters is 2. The molecule has 12 nitrogen and oxygen atoms in total. The molecule has 0 spiro atoms.